The highest BCUT2D eigenvalue weighted by Gasteiger charge is 2.18. The highest BCUT2D eigenvalue weighted by atomic mass is 16.6. The first kappa shape index (κ1) is 16.9. The Morgan fingerprint density at radius 2 is 2.09 bits per heavy atom. The molecule has 0 bridgehead atoms. The van der Waals surface area contributed by atoms with E-state index in [0.717, 1.165) is 30.2 Å². The van der Waals surface area contributed by atoms with E-state index in [9.17, 15) is 4.79 Å². The van der Waals surface area contributed by atoms with Crippen molar-refractivity contribution in [2.24, 2.45) is 5.11 Å². The van der Waals surface area contributed by atoms with Crippen molar-refractivity contribution in [1.29, 1.82) is 0 Å². The largest absolute Gasteiger partial charge is 0.443 e. The van der Waals surface area contributed by atoms with Crippen LogP contribution in [-0.4, -0.2) is 22.8 Å². The van der Waals surface area contributed by atoms with Gasteiger partial charge in [-0.25, -0.2) is 4.79 Å². The minimum atomic E-state index is -0.514. The molecule has 0 saturated heterocycles. The van der Waals surface area contributed by atoms with Gasteiger partial charge in [0.1, 0.15) is 5.60 Å². The van der Waals surface area contributed by atoms with Crippen LogP contribution < -0.4 is 0 Å². The smallest absolute Gasteiger partial charge is 0.418 e. The van der Waals surface area contributed by atoms with E-state index >= 15 is 0 Å². The van der Waals surface area contributed by atoms with Gasteiger partial charge in [-0.2, -0.15) is 0 Å². The third-order valence-electron chi connectivity index (χ3n) is 3.38. The summed E-state index contributed by atoms with van der Waals surface area (Å²) >= 11 is 0. The van der Waals surface area contributed by atoms with Gasteiger partial charge in [-0.05, 0) is 69.3 Å². The molecule has 0 N–H and O–H groups in total. The van der Waals surface area contributed by atoms with Crippen LogP contribution in [0.1, 0.15) is 39.2 Å². The second-order valence-corrected chi connectivity index (χ2v) is 6.47. The Morgan fingerprint density at radius 1 is 1.30 bits per heavy atom. The number of hydrogen-bond donors (Lipinski definition) is 0. The van der Waals surface area contributed by atoms with E-state index in [1.807, 2.05) is 39.0 Å². The number of benzene rings is 1. The van der Waals surface area contributed by atoms with E-state index in [0.29, 0.717) is 6.54 Å². The van der Waals surface area contributed by atoms with Crippen LogP contribution in [0.3, 0.4) is 0 Å². The summed E-state index contributed by atoms with van der Waals surface area (Å²) in [5.41, 5.74) is 9.78. The topological polar surface area (TPSA) is 80.0 Å². The van der Waals surface area contributed by atoms with Crippen LogP contribution in [0.5, 0.6) is 0 Å². The number of ether oxygens (including phenoxy) is 1. The first-order chi connectivity index (χ1) is 10.9. The Bertz CT molecular complexity index is 737. The van der Waals surface area contributed by atoms with Crippen LogP contribution in [0.2, 0.25) is 0 Å². The zero-order valence-corrected chi connectivity index (χ0v) is 13.8. The van der Waals surface area contributed by atoms with Gasteiger partial charge in [-0.15, -0.1) is 0 Å². The van der Waals surface area contributed by atoms with Gasteiger partial charge < -0.3 is 4.74 Å². The van der Waals surface area contributed by atoms with Crippen molar-refractivity contribution in [3.05, 3.63) is 46.5 Å². The van der Waals surface area contributed by atoms with Gasteiger partial charge in [0, 0.05) is 23.0 Å². The third-order valence-corrected chi connectivity index (χ3v) is 3.38. The van der Waals surface area contributed by atoms with Crippen LogP contribution in [0.25, 0.3) is 21.3 Å². The quantitative estimate of drug-likeness (QED) is 0.334. The average molecular weight is 314 g/mol. The molecule has 1 aromatic carbocycles. The van der Waals surface area contributed by atoms with Gasteiger partial charge in [0.25, 0.3) is 0 Å². The fourth-order valence-corrected chi connectivity index (χ4v) is 2.37. The molecule has 2 aromatic rings. The molecule has 0 radical (unpaired) electrons. The lowest BCUT2D eigenvalue weighted by Crippen LogP contribution is -2.26. The number of hydrogen-bond acceptors (Lipinski definition) is 3. The second-order valence-electron chi connectivity index (χ2n) is 6.47. The molecule has 6 nitrogen and oxygen atoms in total. The molecular formula is C17H22N4O2. The summed E-state index contributed by atoms with van der Waals surface area (Å²) in [5, 5.41) is 4.55. The monoisotopic (exact) mass is 314 g/mol. The van der Waals surface area contributed by atoms with Gasteiger partial charge in [0.2, 0.25) is 0 Å². The second kappa shape index (κ2) is 7.20. The Kier molecular flexibility index (Phi) is 5.29. The number of unbranched alkanes of at least 4 members (excludes halogenated alkanes) is 1. The molecule has 0 atom stereocenters. The summed E-state index contributed by atoms with van der Waals surface area (Å²) in [6, 6.07) is 7.98. The Balaban J connectivity index is 2.08. The Labute approximate surface area is 135 Å². The molecule has 0 amide bonds. The maximum Gasteiger partial charge on any atom is 0.418 e. The van der Waals surface area contributed by atoms with Crippen LogP contribution in [0.4, 0.5) is 4.79 Å². The van der Waals surface area contributed by atoms with Crippen molar-refractivity contribution in [3.8, 4) is 0 Å². The molecule has 122 valence electrons. The van der Waals surface area contributed by atoms with Crippen molar-refractivity contribution in [1.82, 2.24) is 4.57 Å². The van der Waals surface area contributed by atoms with Crippen molar-refractivity contribution >= 4 is 17.0 Å². The zero-order valence-electron chi connectivity index (χ0n) is 13.8. The van der Waals surface area contributed by atoms with E-state index in [4.69, 9.17) is 10.3 Å². The molecule has 0 saturated carbocycles. The summed E-state index contributed by atoms with van der Waals surface area (Å²) in [6.07, 6.45) is 4.14. The van der Waals surface area contributed by atoms with E-state index in [1.165, 1.54) is 10.1 Å². The number of nitrogens with zero attached hydrogens (tertiary/aromatic N) is 4. The molecule has 0 unspecified atom stereocenters. The SMILES string of the molecule is CC(C)(C)OC(=O)n1ccc2cc(CCCCN=[N+]=[N-])ccc21. The Morgan fingerprint density at radius 3 is 2.78 bits per heavy atom. The van der Waals surface area contributed by atoms with Gasteiger partial charge in [-0.3, -0.25) is 4.57 Å². The number of aromatic nitrogens is 1. The first-order valence-corrected chi connectivity index (χ1v) is 7.75. The minimum absolute atomic E-state index is 0.366. The van der Waals surface area contributed by atoms with Crippen LogP contribution in [0.15, 0.2) is 35.6 Å². The van der Waals surface area contributed by atoms with E-state index in [2.05, 4.69) is 16.1 Å². The molecule has 1 heterocycles. The number of carbonyl (C=O) groups excluding carboxylic acids is 1. The lowest BCUT2D eigenvalue weighted by Gasteiger charge is -2.19. The molecular weight excluding hydrogens is 292 g/mol. The highest BCUT2D eigenvalue weighted by molar-refractivity contribution is 5.89. The van der Waals surface area contributed by atoms with Gasteiger partial charge in [0.05, 0.1) is 5.52 Å². The summed E-state index contributed by atoms with van der Waals surface area (Å²) < 4.78 is 6.94. The van der Waals surface area contributed by atoms with Crippen molar-refractivity contribution in [2.75, 3.05) is 6.54 Å². The maximum absolute atomic E-state index is 12.2. The van der Waals surface area contributed by atoms with Crippen LogP contribution in [-0.2, 0) is 11.2 Å². The zero-order chi connectivity index (χ0) is 16.9. The van der Waals surface area contributed by atoms with Gasteiger partial charge in [-0.1, -0.05) is 11.2 Å². The van der Waals surface area contributed by atoms with Crippen LogP contribution >= 0.6 is 0 Å². The molecule has 1 aromatic heterocycles. The molecule has 23 heavy (non-hydrogen) atoms. The normalized spacial score (nSPS) is 11.3. The van der Waals surface area contributed by atoms with E-state index in [1.54, 1.807) is 6.20 Å². The lowest BCUT2D eigenvalue weighted by molar-refractivity contribution is 0.0544. The molecule has 0 aliphatic carbocycles. The number of rotatable bonds is 5. The third kappa shape index (κ3) is 4.76. The molecule has 2 rings (SSSR count). The number of aryl methyl sites for hydroxylation is 1. The number of azide groups is 1. The van der Waals surface area contributed by atoms with E-state index in [-0.39, 0.29) is 6.09 Å². The Hall–Kier alpha value is -2.46. The fourth-order valence-electron chi connectivity index (χ4n) is 2.37. The summed E-state index contributed by atoms with van der Waals surface area (Å²) in [4.78, 5) is 14.9. The molecule has 0 fully saturated rings. The molecule has 6 heteroatoms. The maximum atomic E-state index is 12.2. The average Bonchev–Trinajstić information content (AvgIpc) is 2.88. The molecule has 0 aliphatic heterocycles. The summed E-state index contributed by atoms with van der Waals surface area (Å²) in [6.45, 7) is 6.09. The minimum Gasteiger partial charge on any atom is -0.443 e. The first-order valence-electron chi connectivity index (χ1n) is 7.75. The van der Waals surface area contributed by atoms with Gasteiger partial charge >= 0.3 is 6.09 Å². The standard InChI is InChI=1S/C17H22N4O2/c1-17(2,3)23-16(22)21-11-9-14-12-13(7-8-15(14)21)6-4-5-10-19-20-18/h7-9,11-12H,4-6,10H2,1-3H3. The van der Waals surface area contributed by atoms with Gasteiger partial charge in [0.15, 0.2) is 0 Å². The number of fused-ring (bicyclic) bond motifs is 1. The number of carbonyl (C=O) groups is 1. The predicted molar refractivity (Wildman–Crippen MR) is 90.5 cm³/mol. The highest BCUT2D eigenvalue weighted by Crippen LogP contribution is 2.20. The molecule has 0 aliphatic rings. The van der Waals surface area contributed by atoms with Crippen molar-refractivity contribution in [2.45, 2.75) is 45.6 Å². The van der Waals surface area contributed by atoms with Crippen molar-refractivity contribution in [3.63, 3.8) is 0 Å². The lowest BCUT2D eigenvalue weighted by atomic mass is 10.1. The van der Waals surface area contributed by atoms with Crippen molar-refractivity contribution < 1.29 is 9.53 Å². The fraction of sp³-hybridized carbons (Fsp3) is 0.471. The summed E-state index contributed by atoms with van der Waals surface area (Å²) in [7, 11) is 0. The van der Waals surface area contributed by atoms with Crippen LogP contribution in [0, 0.1) is 0 Å². The predicted octanol–water partition coefficient (Wildman–Crippen LogP) is 5.06. The molecule has 0 spiro atoms. The summed E-state index contributed by atoms with van der Waals surface area (Å²) in [5.74, 6) is 0. The van der Waals surface area contributed by atoms with E-state index < -0.39 is 5.60 Å².